The lowest BCUT2D eigenvalue weighted by Crippen LogP contribution is -2.23. The second-order valence-corrected chi connectivity index (χ2v) is 6.81. The summed E-state index contributed by atoms with van der Waals surface area (Å²) >= 11 is 0. The van der Waals surface area contributed by atoms with Crippen LogP contribution >= 0.6 is 0 Å². The molecule has 0 amide bonds. The van der Waals surface area contributed by atoms with Gasteiger partial charge in [0.05, 0.1) is 0 Å². The molecule has 0 aliphatic carbocycles. The predicted octanol–water partition coefficient (Wildman–Crippen LogP) is 6.03. The zero-order valence-electron chi connectivity index (χ0n) is 14.7. The van der Waals surface area contributed by atoms with E-state index in [1.165, 1.54) is 0 Å². The molecule has 0 aliphatic heterocycles. The Morgan fingerprint density at radius 2 is 1.36 bits per heavy atom. The lowest BCUT2D eigenvalue weighted by Gasteiger charge is -2.23. The molecule has 0 fully saturated rings. The Morgan fingerprint density at radius 1 is 0.720 bits per heavy atom. The number of ether oxygens (including phenoxy) is 2. The Kier molecular flexibility index (Phi) is 4.66. The van der Waals surface area contributed by atoms with Crippen molar-refractivity contribution in [2.24, 2.45) is 0 Å². The second kappa shape index (κ2) is 6.89. The first-order chi connectivity index (χ1) is 11.9. The molecule has 3 heteroatoms. The fraction of sp³-hybridized carbons (Fsp3) is 0.182. The minimum Gasteiger partial charge on any atom is -0.508 e. The van der Waals surface area contributed by atoms with Crippen molar-refractivity contribution in [3.63, 3.8) is 0 Å². The first-order valence-corrected chi connectivity index (χ1v) is 8.27. The number of rotatable bonds is 4. The molecular weight excluding hydrogens is 312 g/mol. The standard InChI is InChI=1S/C22H22O3/c1-22(2,3)25-21-14-7-6-13-20(21)24-19-12-5-4-11-18(19)16-9-8-10-17(23)15-16/h4-15,23H,1-3H3. The maximum atomic E-state index is 9.77. The summed E-state index contributed by atoms with van der Waals surface area (Å²) in [5, 5.41) is 9.77. The van der Waals surface area contributed by atoms with E-state index in [-0.39, 0.29) is 11.4 Å². The smallest absolute Gasteiger partial charge is 0.169 e. The van der Waals surface area contributed by atoms with Gasteiger partial charge in [0.25, 0.3) is 0 Å². The van der Waals surface area contributed by atoms with Crippen LogP contribution in [-0.2, 0) is 0 Å². The summed E-state index contributed by atoms with van der Waals surface area (Å²) in [6.07, 6.45) is 0. The lowest BCUT2D eigenvalue weighted by molar-refractivity contribution is 0.126. The first kappa shape index (κ1) is 16.9. The van der Waals surface area contributed by atoms with Crippen LogP contribution in [0.1, 0.15) is 20.8 Å². The van der Waals surface area contributed by atoms with Crippen LogP contribution in [0.2, 0.25) is 0 Å². The van der Waals surface area contributed by atoms with Gasteiger partial charge in [0.1, 0.15) is 17.1 Å². The Hall–Kier alpha value is -2.94. The van der Waals surface area contributed by atoms with Gasteiger partial charge in [-0.2, -0.15) is 0 Å². The summed E-state index contributed by atoms with van der Waals surface area (Å²) < 4.78 is 12.2. The van der Waals surface area contributed by atoms with Gasteiger partial charge in [0.15, 0.2) is 11.5 Å². The van der Waals surface area contributed by atoms with E-state index in [1.807, 2.05) is 81.4 Å². The summed E-state index contributed by atoms with van der Waals surface area (Å²) in [7, 11) is 0. The monoisotopic (exact) mass is 334 g/mol. The van der Waals surface area contributed by atoms with Gasteiger partial charge in [0, 0.05) is 5.56 Å². The maximum absolute atomic E-state index is 9.77. The second-order valence-electron chi connectivity index (χ2n) is 6.81. The molecule has 0 spiro atoms. The van der Waals surface area contributed by atoms with Gasteiger partial charge >= 0.3 is 0 Å². The average Bonchev–Trinajstić information content (AvgIpc) is 2.56. The molecule has 0 saturated heterocycles. The fourth-order valence-corrected chi connectivity index (χ4v) is 2.53. The van der Waals surface area contributed by atoms with E-state index in [2.05, 4.69) is 0 Å². The van der Waals surface area contributed by atoms with Crippen molar-refractivity contribution in [3.8, 4) is 34.1 Å². The summed E-state index contributed by atoms with van der Waals surface area (Å²) in [5.41, 5.74) is 1.48. The largest absolute Gasteiger partial charge is 0.508 e. The van der Waals surface area contributed by atoms with Gasteiger partial charge in [-0.25, -0.2) is 0 Å². The molecule has 1 N–H and O–H groups in total. The van der Waals surface area contributed by atoms with E-state index in [0.29, 0.717) is 17.2 Å². The first-order valence-electron chi connectivity index (χ1n) is 8.27. The van der Waals surface area contributed by atoms with Crippen molar-refractivity contribution in [1.82, 2.24) is 0 Å². The third kappa shape index (κ3) is 4.32. The SMILES string of the molecule is CC(C)(C)Oc1ccccc1Oc1ccccc1-c1cccc(O)c1. The highest BCUT2D eigenvalue weighted by molar-refractivity contribution is 5.72. The molecular formula is C22H22O3. The molecule has 0 aromatic heterocycles. The fourth-order valence-electron chi connectivity index (χ4n) is 2.53. The molecule has 3 nitrogen and oxygen atoms in total. The zero-order valence-corrected chi connectivity index (χ0v) is 14.7. The number of hydrogen-bond donors (Lipinski definition) is 1. The summed E-state index contributed by atoms with van der Waals surface area (Å²) in [4.78, 5) is 0. The van der Waals surface area contributed by atoms with Crippen LogP contribution in [0.15, 0.2) is 72.8 Å². The van der Waals surface area contributed by atoms with E-state index >= 15 is 0 Å². The predicted molar refractivity (Wildman–Crippen MR) is 100 cm³/mol. The van der Waals surface area contributed by atoms with E-state index in [0.717, 1.165) is 11.1 Å². The summed E-state index contributed by atoms with van der Waals surface area (Å²) in [5.74, 6) is 2.28. The van der Waals surface area contributed by atoms with Crippen LogP contribution in [0.4, 0.5) is 0 Å². The average molecular weight is 334 g/mol. The minimum atomic E-state index is -0.315. The van der Waals surface area contributed by atoms with Gasteiger partial charge in [-0.15, -0.1) is 0 Å². The molecule has 0 unspecified atom stereocenters. The number of phenols is 1. The molecule has 0 aliphatic rings. The van der Waals surface area contributed by atoms with Gasteiger partial charge in [-0.3, -0.25) is 0 Å². The van der Waals surface area contributed by atoms with Crippen molar-refractivity contribution < 1.29 is 14.6 Å². The van der Waals surface area contributed by atoms with Crippen molar-refractivity contribution in [1.29, 1.82) is 0 Å². The normalized spacial score (nSPS) is 11.2. The Bertz CT molecular complexity index is 863. The quantitative estimate of drug-likeness (QED) is 0.633. The van der Waals surface area contributed by atoms with Crippen LogP contribution in [0.3, 0.4) is 0 Å². The van der Waals surface area contributed by atoms with E-state index < -0.39 is 0 Å². The number of benzene rings is 3. The molecule has 3 aromatic carbocycles. The molecule has 3 rings (SSSR count). The van der Waals surface area contributed by atoms with Crippen LogP contribution in [-0.4, -0.2) is 10.7 Å². The Balaban J connectivity index is 1.98. The zero-order chi connectivity index (χ0) is 17.9. The third-order valence-electron chi connectivity index (χ3n) is 3.53. The van der Waals surface area contributed by atoms with Crippen LogP contribution in [0, 0.1) is 0 Å². The number of phenolic OH excluding ortho intramolecular Hbond substituents is 1. The third-order valence-corrected chi connectivity index (χ3v) is 3.53. The van der Waals surface area contributed by atoms with Crippen LogP contribution < -0.4 is 9.47 Å². The molecule has 0 heterocycles. The van der Waals surface area contributed by atoms with Gasteiger partial charge in [-0.05, 0) is 56.7 Å². The van der Waals surface area contributed by atoms with Crippen molar-refractivity contribution in [2.75, 3.05) is 0 Å². The van der Waals surface area contributed by atoms with Crippen molar-refractivity contribution in [3.05, 3.63) is 72.8 Å². The topological polar surface area (TPSA) is 38.7 Å². The minimum absolute atomic E-state index is 0.226. The lowest BCUT2D eigenvalue weighted by atomic mass is 10.0. The number of hydrogen-bond acceptors (Lipinski definition) is 3. The molecule has 25 heavy (non-hydrogen) atoms. The Labute approximate surface area is 148 Å². The Morgan fingerprint density at radius 3 is 2.04 bits per heavy atom. The molecule has 0 saturated carbocycles. The van der Waals surface area contributed by atoms with E-state index in [4.69, 9.17) is 9.47 Å². The highest BCUT2D eigenvalue weighted by atomic mass is 16.5. The molecule has 0 atom stereocenters. The van der Waals surface area contributed by atoms with E-state index in [9.17, 15) is 5.11 Å². The summed E-state index contributed by atoms with van der Waals surface area (Å²) in [6, 6.07) is 22.5. The van der Waals surface area contributed by atoms with Gasteiger partial charge in [0.2, 0.25) is 0 Å². The highest BCUT2D eigenvalue weighted by Gasteiger charge is 2.16. The molecule has 0 radical (unpaired) electrons. The van der Waals surface area contributed by atoms with Gasteiger partial charge < -0.3 is 14.6 Å². The van der Waals surface area contributed by atoms with Crippen LogP contribution in [0.5, 0.6) is 23.0 Å². The molecule has 128 valence electrons. The van der Waals surface area contributed by atoms with Crippen LogP contribution in [0.25, 0.3) is 11.1 Å². The number of para-hydroxylation sites is 3. The maximum Gasteiger partial charge on any atom is 0.169 e. The van der Waals surface area contributed by atoms with Crippen molar-refractivity contribution in [2.45, 2.75) is 26.4 Å². The molecule has 0 bridgehead atoms. The summed E-state index contributed by atoms with van der Waals surface area (Å²) in [6.45, 7) is 6.01. The van der Waals surface area contributed by atoms with Crippen molar-refractivity contribution >= 4 is 0 Å². The molecule has 3 aromatic rings. The van der Waals surface area contributed by atoms with Gasteiger partial charge in [-0.1, -0.05) is 42.5 Å². The highest BCUT2D eigenvalue weighted by Crippen LogP contribution is 2.38. The van der Waals surface area contributed by atoms with E-state index in [1.54, 1.807) is 12.1 Å². The number of aromatic hydroxyl groups is 1.